The Kier molecular flexibility index (Phi) is 6.56. The normalized spacial score (nSPS) is 10.6. The van der Waals surface area contributed by atoms with E-state index in [9.17, 15) is 9.59 Å². The minimum absolute atomic E-state index is 0.221. The molecule has 0 aliphatic carbocycles. The first-order valence-corrected chi connectivity index (χ1v) is 10.6. The van der Waals surface area contributed by atoms with Gasteiger partial charge in [0.1, 0.15) is 5.75 Å². The largest absolute Gasteiger partial charge is 0.481 e. The van der Waals surface area contributed by atoms with Gasteiger partial charge in [-0.25, -0.2) is 9.78 Å². The van der Waals surface area contributed by atoms with Crippen LogP contribution >= 0.6 is 11.6 Å². The van der Waals surface area contributed by atoms with E-state index in [-0.39, 0.29) is 12.5 Å². The van der Waals surface area contributed by atoms with Crippen LogP contribution in [0.1, 0.15) is 15.9 Å². The molecular weight excluding hydrogens is 440 g/mol. The Hall–Kier alpha value is -3.90. The molecule has 0 atom stereocenters. The third kappa shape index (κ3) is 5.30. The number of hydrogen-bond donors (Lipinski definition) is 1. The Morgan fingerprint density at radius 2 is 1.79 bits per heavy atom. The highest BCUT2D eigenvalue weighted by Crippen LogP contribution is 2.32. The van der Waals surface area contributed by atoms with E-state index in [1.165, 1.54) is 7.11 Å². The second kappa shape index (κ2) is 9.71. The number of ether oxygens (including phenoxy) is 2. The van der Waals surface area contributed by atoms with E-state index in [4.69, 9.17) is 26.1 Å². The highest BCUT2D eigenvalue weighted by atomic mass is 35.5. The standard InChI is InChI=1S/C26H21ClN2O4/c1-16-4-3-5-18(12-16)26(31)28-20-10-11-22-21(13-20)24(33-15-25(30)32-2)14-23(29-22)17-6-8-19(27)9-7-17/h3-14H,15H2,1-2H3,(H,28,31). The van der Waals surface area contributed by atoms with Gasteiger partial charge in [0.15, 0.2) is 6.61 Å². The number of nitrogens with zero attached hydrogens (tertiary/aromatic N) is 1. The zero-order chi connectivity index (χ0) is 23.4. The van der Waals surface area contributed by atoms with Gasteiger partial charge in [0.2, 0.25) is 0 Å². The first kappa shape index (κ1) is 22.3. The Morgan fingerprint density at radius 1 is 1.00 bits per heavy atom. The number of carbonyl (C=O) groups excluding carboxylic acids is 2. The number of halogens is 1. The SMILES string of the molecule is COC(=O)COc1cc(-c2ccc(Cl)cc2)nc2ccc(NC(=O)c3cccc(C)c3)cc12. The molecule has 0 aliphatic rings. The average Bonchev–Trinajstić information content (AvgIpc) is 2.82. The second-order valence-corrected chi connectivity index (χ2v) is 7.87. The van der Waals surface area contributed by atoms with Gasteiger partial charge in [0.05, 0.1) is 18.3 Å². The molecule has 0 radical (unpaired) electrons. The minimum atomic E-state index is -0.503. The predicted molar refractivity (Wildman–Crippen MR) is 129 cm³/mol. The second-order valence-electron chi connectivity index (χ2n) is 7.43. The number of benzene rings is 3. The molecule has 1 amide bonds. The van der Waals surface area contributed by atoms with Crippen molar-refractivity contribution in [3.8, 4) is 17.0 Å². The maximum Gasteiger partial charge on any atom is 0.343 e. The van der Waals surface area contributed by atoms with Gasteiger partial charge >= 0.3 is 5.97 Å². The van der Waals surface area contributed by atoms with Crippen molar-refractivity contribution in [3.05, 3.63) is 88.9 Å². The van der Waals surface area contributed by atoms with Crippen LogP contribution in [-0.2, 0) is 9.53 Å². The van der Waals surface area contributed by atoms with Gasteiger partial charge in [-0.2, -0.15) is 0 Å². The lowest BCUT2D eigenvalue weighted by Crippen LogP contribution is -2.13. The van der Waals surface area contributed by atoms with Crippen molar-refractivity contribution in [2.75, 3.05) is 19.0 Å². The molecule has 0 saturated heterocycles. The lowest BCUT2D eigenvalue weighted by molar-refractivity contribution is -0.142. The van der Waals surface area contributed by atoms with Crippen LogP contribution in [0.5, 0.6) is 5.75 Å². The molecular formula is C26H21ClN2O4. The number of methoxy groups -OCH3 is 1. The number of anilines is 1. The smallest absolute Gasteiger partial charge is 0.343 e. The van der Waals surface area contributed by atoms with Crippen molar-refractivity contribution < 1.29 is 19.1 Å². The predicted octanol–water partition coefficient (Wildman–Crippen LogP) is 5.67. The number of aryl methyl sites for hydroxylation is 1. The van der Waals surface area contributed by atoms with E-state index < -0.39 is 5.97 Å². The third-order valence-electron chi connectivity index (χ3n) is 5.02. The summed E-state index contributed by atoms with van der Waals surface area (Å²) in [6.45, 7) is 1.68. The molecule has 0 bridgehead atoms. The van der Waals surface area contributed by atoms with Crippen LogP contribution in [0.15, 0.2) is 72.8 Å². The van der Waals surface area contributed by atoms with Crippen LogP contribution < -0.4 is 10.1 Å². The van der Waals surface area contributed by atoms with Gasteiger partial charge in [-0.05, 0) is 49.4 Å². The molecule has 4 aromatic rings. The Balaban J connectivity index is 1.72. The fourth-order valence-corrected chi connectivity index (χ4v) is 3.47. The highest BCUT2D eigenvalue weighted by Gasteiger charge is 2.13. The third-order valence-corrected chi connectivity index (χ3v) is 5.27. The van der Waals surface area contributed by atoms with Gasteiger partial charge < -0.3 is 14.8 Å². The summed E-state index contributed by atoms with van der Waals surface area (Å²) < 4.78 is 10.5. The fourth-order valence-electron chi connectivity index (χ4n) is 3.35. The summed E-state index contributed by atoms with van der Waals surface area (Å²) in [5, 5.41) is 4.18. The summed E-state index contributed by atoms with van der Waals surface area (Å²) in [6.07, 6.45) is 0. The van der Waals surface area contributed by atoms with E-state index >= 15 is 0 Å². The van der Waals surface area contributed by atoms with E-state index in [2.05, 4.69) is 5.32 Å². The van der Waals surface area contributed by atoms with E-state index in [0.29, 0.717) is 38.6 Å². The number of amides is 1. The van der Waals surface area contributed by atoms with Crippen LogP contribution in [-0.4, -0.2) is 30.6 Å². The lowest BCUT2D eigenvalue weighted by atomic mass is 10.1. The Bertz CT molecular complexity index is 1340. The summed E-state index contributed by atoms with van der Waals surface area (Å²) >= 11 is 6.01. The average molecular weight is 461 g/mol. The van der Waals surface area contributed by atoms with E-state index in [0.717, 1.165) is 11.1 Å². The molecule has 6 nitrogen and oxygen atoms in total. The quantitative estimate of drug-likeness (QED) is 0.375. The Labute approximate surface area is 196 Å². The molecule has 0 fully saturated rings. The Morgan fingerprint density at radius 3 is 2.52 bits per heavy atom. The van der Waals surface area contributed by atoms with Crippen molar-refractivity contribution in [2.45, 2.75) is 6.92 Å². The van der Waals surface area contributed by atoms with Crippen molar-refractivity contribution >= 4 is 40.1 Å². The van der Waals surface area contributed by atoms with Crippen molar-refractivity contribution in [3.63, 3.8) is 0 Å². The first-order chi connectivity index (χ1) is 15.9. The van der Waals surface area contributed by atoms with Crippen LogP contribution in [0.3, 0.4) is 0 Å². The molecule has 1 heterocycles. The molecule has 33 heavy (non-hydrogen) atoms. The maximum absolute atomic E-state index is 12.7. The minimum Gasteiger partial charge on any atom is -0.481 e. The maximum atomic E-state index is 12.7. The number of nitrogens with one attached hydrogen (secondary N) is 1. The molecule has 3 aromatic carbocycles. The van der Waals surface area contributed by atoms with Crippen molar-refractivity contribution in [1.82, 2.24) is 4.98 Å². The number of aromatic nitrogens is 1. The topological polar surface area (TPSA) is 77.5 Å². The van der Waals surface area contributed by atoms with Crippen molar-refractivity contribution in [2.24, 2.45) is 0 Å². The number of pyridine rings is 1. The molecule has 0 saturated carbocycles. The van der Waals surface area contributed by atoms with Crippen LogP contribution in [0.25, 0.3) is 22.2 Å². The first-order valence-electron chi connectivity index (χ1n) is 10.2. The molecule has 0 unspecified atom stereocenters. The molecule has 1 N–H and O–H groups in total. The van der Waals surface area contributed by atoms with Gasteiger partial charge in [-0.3, -0.25) is 4.79 Å². The summed E-state index contributed by atoms with van der Waals surface area (Å²) in [7, 11) is 1.30. The van der Waals surface area contributed by atoms with Gasteiger partial charge in [0, 0.05) is 33.3 Å². The summed E-state index contributed by atoms with van der Waals surface area (Å²) in [4.78, 5) is 29.1. The van der Waals surface area contributed by atoms with Crippen molar-refractivity contribution in [1.29, 1.82) is 0 Å². The number of esters is 1. The molecule has 4 rings (SSSR count). The number of carbonyl (C=O) groups is 2. The fraction of sp³-hybridized carbons (Fsp3) is 0.115. The van der Waals surface area contributed by atoms with Crippen LogP contribution in [0.2, 0.25) is 5.02 Å². The van der Waals surface area contributed by atoms with Gasteiger partial charge in [-0.15, -0.1) is 0 Å². The van der Waals surface area contributed by atoms with Gasteiger partial charge in [0.25, 0.3) is 5.91 Å². The van der Waals surface area contributed by atoms with Gasteiger partial charge in [-0.1, -0.05) is 41.4 Å². The monoisotopic (exact) mass is 460 g/mol. The molecule has 1 aromatic heterocycles. The summed E-state index contributed by atoms with van der Waals surface area (Å²) in [5.74, 6) is -0.278. The summed E-state index contributed by atoms with van der Waals surface area (Å²) in [6, 6.07) is 21.7. The molecule has 0 spiro atoms. The van der Waals surface area contributed by atoms with E-state index in [1.807, 2.05) is 37.3 Å². The molecule has 7 heteroatoms. The molecule has 166 valence electrons. The summed E-state index contributed by atoms with van der Waals surface area (Å²) in [5.41, 5.74) is 4.30. The number of hydrogen-bond acceptors (Lipinski definition) is 5. The van der Waals surface area contributed by atoms with E-state index in [1.54, 1.807) is 42.5 Å². The highest BCUT2D eigenvalue weighted by molar-refractivity contribution is 6.30. The molecule has 0 aliphatic heterocycles. The van der Waals surface area contributed by atoms with Crippen LogP contribution in [0, 0.1) is 6.92 Å². The zero-order valence-electron chi connectivity index (χ0n) is 18.1. The van der Waals surface area contributed by atoms with Crippen LogP contribution in [0.4, 0.5) is 5.69 Å². The number of rotatable bonds is 6. The number of fused-ring (bicyclic) bond motifs is 1. The lowest BCUT2D eigenvalue weighted by Gasteiger charge is -2.13. The zero-order valence-corrected chi connectivity index (χ0v) is 18.8.